The third kappa shape index (κ3) is 4.26. The number of likely N-dealkylation sites (tertiary alicyclic amines) is 2. The molecule has 3 aliphatic heterocycles. The molecule has 0 aliphatic carbocycles. The van der Waals surface area contributed by atoms with E-state index in [4.69, 9.17) is 4.74 Å². The van der Waals surface area contributed by atoms with Crippen LogP contribution in [0.25, 0.3) is 0 Å². The monoisotopic (exact) mass is 422 g/mol. The van der Waals surface area contributed by atoms with E-state index in [-0.39, 0.29) is 48.1 Å². The summed E-state index contributed by atoms with van der Waals surface area (Å²) in [6, 6.07) is 2.95. The van der Waals surface area contributed by atoms with Crippen LogP contribution >= 0.6 is 0 Å². The van der Waals surface area contributed by atoms with Crippen LogP contribution in [0.15, 0.2) is 18.3 Å². The maximum atomic E-state index is 13.4. The highest BCUT2D eigenvalue weighted by atomic mass is 19.3. The molecule has 3 aliphatic rings. The SMILES string of the molecule is C[C@@H]1CN(C(=O)N2CC[C@@H]3OCC(=O)N[C@@H]3C2)CCC1c1ccc(C(C)(F)F)cn1. The van der Waals surface area contributed by atoms with Crippen LogP contribution in [-0.4, -0.2) is 71.7 Å². The van der Waals surface area contributed by atoms with Gasteiger partial charge in [-0.05, 0) is 30.9 Å². The lowest BCUT2D eigenvalue weighted by molar-refractivity contribution is -0.139. The summed E-state index contributed by atoms with van der Waals surface area (Å²) in [5, 5.41) is 2.92. The third-order valence-electron chi connectivity index (χ3n) is 6.44. The quantitative estimate of drug-likeness (QED) is 0.794. The lowest BCUT2D eigenvalue weighted by atomic mass is 9.84. The van der Waals surface area contributed by atoms with Gasteiger partial charge >= 0.3 is 6.03 Å². The number of fused-ring (bicyclic) bond motifs is 1. The Morgan fingerprint density at radius 1 is 1.23 bits per heavy atom. The van der Waals surface area contributed by atoms with Crippen molar-refractivity contribution < 1.29 is 23.1 Å². The number of alkyl halides is 2. The number of aromatic nitrogens is 1. The van der Waals surface area contributed by atoms with Crippen LogP contribution in [0.5, 0.6) is 0 Å². The van der Waals surface area contributed by atoms with Crippen molar-refractivity contribution in [3.05, 3.63) is 29.6 Å². The van der Waals surface area contributed by atoms with E-state index in [2.05, 4.69) is 17.2 Å². The van der Waals surface area contributed by atoms with E-state index in [0.29, 0.717) is 32.6 Å². The summed E-state index contributed by atoms with van der Waals surface area (Å²) in [5.74, 6) is -2.74. The molecule has 1 unspecified atom stereocenters. The molecule has 0 aromatic carbocycles. The van der Waals surface area contributed by atoms with Gasteiger partial charge in [-0.2, -0.15) is 0 Å². The fraction of sp³-hybridized carbons (Fsp3) is 0.667. The molecule has 3 saturated heterocycles. The molecule has 0 bridgehead atoms. The fourth-order valence-electron chi connectivity index (χ4n) is 4.72. The number of piperidine rings is 2. The van der Waals surface area contributed by atoms with Gasteiger partial charge in [-0.1, -0.05) is 6.92 Å². The minimum atomic E-state index is -2.90. The molecule has 4 atom stereocenters. The van der Waals surface area contributed by atoms with Crippen LogP contribution in [0.1, 0.15) is 43.9 Å². The Labute approximate surface area is 174 Å². The third-order valence-corrected chi connectivity index (χ3v) is 6.44. The van der Waals surface area contributed by atoms with Crippen LogP contribution < -0.4 is 5.32 Å². The largest absolute Gasteiger partial charge is 0.366 e. The van der Waals surface area contributed by atoms with E-state index in [1.165, 1.54) is 12.3 Å². The van der Waals surface area contributed by atoms with Crippen LogP contribution in [0.2, 0.25) is 0 Å². The Morgan fingerprint density at radius 3 is 2.63 bits per heavy atom. The average molecular weight is 422 g/mol. The number of hydrogen-bond acceptors (Lipinski definition) is 4. The van der Waals surface area contributed by atoms with Crippen LogP contribution in [0.4, 0.5) is 13.6 Å². The molecule has 1 aromatic rings. The maximum absolute atomic E-state index is 13.4. The van der Waals surface area contributed by atoms with Gasteiger partial charge in [0.25, 0.3) is 5.92 Å². The topological polar surface area (TPSA) is 74.8 Å². The number of nitrogens with one attached hydrogen (secondary N) is 1. The van der Waals surface area contributed by atoms with Gasteiger partial charge in [0.05, 0.1) is 12.1 Å². The van der Waals surface area contributed by atoms with Gasteiger partial charge in [0.1, 0.15) is 6.61 Å². The summed E-state index contributed by atoms with van der Waals surface area (Å²) >= 11 is 0. The van der Waals surface area contributed by atoms with E-state index >= 15 is 0 Å². The number of morpholine rings is 1. The highest BCUT2D eigenvalue weighted by Crippen LogP contribution is 2.34. The fourth-order valence-corrected chi connectivity index (χ4v) is 4.72. The summed E-state index contributed by atoms with van der Waals surface area (Å²) in [6.07, 6.45) is 2.67. The summed E-state index contributed by atoms with van der Waals surface area (Å²) in [6.45, 7) is 5.26. The molecular weight excluding hydrogens is 394 g/mol. The summed E-state index contributed by atoms with van der Waals surface area (Å²) < 4.78 is 32.4. The van der Waals surface area contributed by atoms with Gasteiger partial charge in [-0.15, -0.1) is 0 Å². The maximum Gasteiger partial charge on any atom is 0.320 e. The number of halogens is 2. The van der Waals surface area contributed by atoms with Gasteiger partial charge in [-0.3, -0.25) is 9.78 Å². The first kappa shape index (κ1) is 21.0. The van der Waals surface area contributed by atoms with Crippen molar-refractivity contribution in [3.8, 4) is 0 Å². The lowest BCUT2D eigenvalue weighted by Crippen LogP contribution is -2.62. The van der Waals surface area contributed by atoms with E-state index in [0.717, 1.165) is 19.0 Å². The second kappa shape index (κ2) is 8.09. The van der Waals surface area contributed by atoms with Crippen molar-refractivity contribution in [1.82, 2.24) is 20.1 Å². The molecule has 0 radical (unpaired) electrons. The Kier molecular flexibility index (Phi) is 5.65. The van der Waals surface area contributed by atoms with Gasteiger partial charge < -0.3 is 19.9 Å². The van der Waals surface area contributed by atoms with Crippen molar-refractivity contribution in [2.45, 2.75) is 50.7 Å². The van der Waals surface area contributed by atoms with Crippen molar-refractivity contribution in [3.63, 3.8) is 0 Å². The van der Waals surface area contributed by atoms with Gasteiger partial charge in [-0.25, -0.2) is 13.6 Å². The van der Waals surface area contributed by atoms with Gasteiger partial charge in [0.2, 0.25) is 5.91 Å². The summed E-state index contributed by atoms with van der Waals surface area (Å²) in [4.78, 5) is 32.6. The highest BCUT2D eigenvalue weighted by molar-refractivity contribution is 5.79. The Hall–Kier alpha value is -2.29. The second-order valence-corrected chi connectivity index (χ2v) is 8.72. The first-order valence-electron chi connectivity index (χ1n) is 10.5. The highest BCUT2D eigenvalue weighted by Gasteiger charge is 2.39. The number of pyridine rings is 1. The summed E-state index contributed by atoms with van der Waals surface area (Å²) in [5.41, 5.74) is 0.708. The minimum absolute atomic E-state index is 0.0208. The van der Waals surface area contributed by atoms with E-state index < -0.39 is 5.92 Å². The molecule has 0 saturated carbocycles. The van der Waals surface area contributed by atoms with Crippen molar-refractivity contribution in [2.75, 3.05) is 32.8 Å². The molecule has 3 amide bonds. The Balaban J connectivity index is 1.36. The predicted octanol–water partition coefficient (Wildman–Crippen LogP) is 2.33. The van der Waals surface area contributed by atoms with Crippen molar-refractivity contribution >= 4 is 11.9 Å². The van der Waals surface area contributed by atoms with E-state index in [1.807, 2.05) is 4.90 Å². The molecule has 4 rings (SSSR count). The Bertz CT molecular complexity index is 798. The zero-order valence-corrected chi connectivity index (χ0v) is 17.3. The lowest BCUT2D eigenvalue weighted by Gasteiger charge is -2.44. The Morgan fingerprint density at radius 2 is 1.97 bits per heavy atom. The zero-order valence-electron chi connectivity index (χ0n) is 17.3. The predicted molar refractivity (Wildman–Crippen MR) is 105 cm³/mol. The molecule has 3 fully saturated rings. The molecule has 30 heavy (non-hydrogen) atoms. The van der Waals surface area contributed by atoms with E-state index in [1.54, 1.807) is 11.0 Å². The van der Waals surface area contributed by atoms with Gasteiger partial charge in [0.15, 0.2) is 0 Å². The molecule has 0 spiro atoms. The summed E-state index contributed by atoms with van der Waals surface area (Å²) in [7, 11) is 0. The molecule has 164 valence electrons. The molecule has 4 heterocycles. The van der Waals surface area contributed by atoms with Crippen LogP contribution in [0.3, 0.4) is 0 Å². The minimum Gasteiger partial charge on any atom is -0.366 e. The number of carbonyl (C=O) groups is 2. The smallest absolute Gasteiger partial charge is 0.320 e. The molecule has 7 nitrogen and oxygen atoms in total. The normalized spacial score (nSPS) is 29.9. The number of rotatable bonds is 2. The number of nitrogens with zero attached hydrogens (tertiary/aromatic N) is 3. The second-order valence-electron chi connectivity index (χ2n) is 8.72. The molecule has 1 aromatic heterocycles. The zero-order chi connectivity index (χ0) is 21.5. The van der Waals surface area contributed by atoms with Crippen molar-refractivity contribution in [2.24, 2.45) is 5.92 Å². The van der Waals surface area contributed by atoms with E-state index in [9.17, 15) is 18.4 Å². The first-order valence-corrected chi connectivity index (χ1v) is 10.5. The molecule has 1 N–H and O–H groups in total. The first-order chi connectivity index (χ1) is 14.2. The number of hydrogen-bond donors (Lipinski definition) is 1. The number of carbonyl (C=O) groups excluding carboxylic acids is 2. The molecular formula is C21H28F2N4O3. The van der Waals surface area contributed by atoms with Crippen molar-refractivity contribution in [1.29, 1.82) is 0 Å². The number of amides is 3. The number of ether oxygens (including phenoxy) is 1. The molecule has 9 heteroatoms. The standard InChI is InChI=1S/C21H28F2N4O3/c1-13-10-26(7-5-15(13)16-4-3-14(9-24-16)21(2,22)23)20(29)27-8-6-18-17(11-27)25-19(28)12-30-18/h3-4,9,13,15,17-18H,5-8,10-12H2,1-2H3,(H,25,28)/t13-,15?,17-,18+/m1/s1. The average Bonchev–Trinajstić information content (AvgIpc) is 2.72. The number of urea groups is 1. The van der Waals surface area contributed by atoms with Crippen LogP contribution in [0, 0.1) is 5.92 Å². The van der Waals surface area contributed by atoms with Crippen LogP contribution in [-0.2, 0) is 15.5 Å². The van der Waals surface area contributed by atoms with Gasteiger partial charge in [0, 0.05) is 56.5 Å².